The van der Waals surface area contributed by atoms with Gasteiger partial charge in [-0.15, -0.1) is 0 Å². The van der Waals surface area contributed by atoms with Gasteiger partial charge in [-0.1, -0.05) is 6.92 Å². The van der Waals surface area contributed by atoms with E-state index in [1.807, 2.05) is 0 Å². The highest BCUT2D eigenvalue weighted by molar-refractivity contribution is 7.89. The number of nitrogens with zero attached hydrogens (tertiary/aromatic N) is 1. The number of hydrogen-bond acceptors (Lipinski definition) is 5. The van der Waals surface area contributed by atoms with Crippen molar-refractivity contribution >= 4 is 15.7 Å². The van der Waals surface area contributed by atoms with Gasteiger partial charge in [0, 0.05) is 19.7 Å². The van der Waals surface area contributed by atoms with Crippen LogP contribution in [-0.4, -0.2) is 44.1 Å². The number of phenols is 1. The van der Waals surface area contributed by atoms with Crippen LogP contribution >= 0.6 is 0 Å². The van der Waals surface area contributed by atoms with Crippen LogP contribution in [0.4, 0.5) is 5.69 Å². The lowest BCUT2D eigenvalue weighted by Crippen LogP contribution is -2.40. The summed E-state index contributed by atoms with van der Waals surface area (Å²) in [5.74, 6) is -0.132. The van der Waals surface area contributed by atoms with E-state index in [9.17, 15) is 13.5 Å². The summed E-state index contributed by atoms with van der Waals surface area (Å²) in [5.41, 5.74) is 5.57. The third-order valence-electron chi connectivity index (χ3n) is 2.82. The molecule has 1 unspecified atom stereocenters. The van der Waals surface area contributed by atoms with E-state index in [0.717, 1.165) is 0 Å². The first-order chi connectivity index (χ1) is 8.84. The number of rotatable bonds is 6. The molecular weight excluding hydrogens is 268 g/mol. The average molecular weight is 288 g/mol. The van der Waals surface area contributed by atoms with E-state index in [1.165, 1.54) is 29.6 Å². The summed E-state index contributed by atoms with van der Waals surface area (Å²) < 4.78 is 31.3. The zero-order valence-electron chi connectivity index (χ0n) is 11.3. The standard InChI is InChI=1S/C12H20N2O4S/c1-4-14(9(2)8-18-3)19(16,17)10-5-6-12(15)11(13)7-10/h5-7,9,15H,4,8,13H2,1-3H3. The van der Waals surface area contributed by atoms with E-state index in [1.54, 1.807) is 13.8 Å². The Labute approximate surface area is 113 Å². The minimum absolute atomic E-state index is 0.0384. The Hall–Kier alpha value is -1.31. The second-order valence-corrected chi connectivity index (χ2v) is 6.12. The van der Waals surface area contributed by atoms with Crippen LogP contribution in [0.1, 0.15) is 13.8 Å². The Morgan fingerprint density at radius 3 is 2.58 bits per heavy atom. The lowest BCUT2D eigenvalue weighted by Gasteiger charge is -2.26. The van der Waals surface area contributed by atoms with E-state index in [0.29, 0.717) is 13.2 Å². The molecule has 0 aromatic heterocycles. The van der Waals surface area contributed by atoms with Crippen molar-refractivity contribution in [2.45, 2.75) is 24.8 Å². The Bertz CT molecular complexity index is 531. The summed E-state index contributed by atoms with van der Waals surface area (Å²) in [4.78, 5) is 0.0626. The number of hydrogen-bond donors (Lipinski definition) is 2. The molecule has 0 spiro atoms. The Morgan fingerprint density at radius 1 is 1.47 bits per heavy atom. The molecule has 0 radical (unpaired) electrons. The largest absolute Gasteiger partial charge is 0.506 e. The fourth-order valence-corrected chi connectivity index (χ4v) is 3.53. The highest BCUT2D eigenvalue weighted by atomic mass is 32.2. The molecule has 0 bridgehead atoms. The maximum absolute atomic E-state index is 12.5. The third kappa shape index (κ3) is 3.37. The summed E-state index contributed by atoms with van der Waals surface area (Å²) >= 11 is 0. The lowest BCUT2D eigenvalue weighted by atomic mass is 10.3. The molecule has 0 saturated carbocycles. The van der Waals surface area contributed by atoms with Crippen molar-refractivity contribution in [3.05, 3.63) is 18.2 Å². The fourth-order valence-electron chi connectivity index (χ4n) is 1.87. The highest BCUT2D eigenvalue weighted by Crippen LogP contribution is 2.26. The molecule has 6 nitrogen and oxygen atoms in total. The predicted molar refractivity (Wildman–Crippen MR) is 73.4 cm³/mol. The summed E-state index contributed by atoms with van der Waals surface area (Å²) in [7, 11) is -2.13. The molecule has 0 fully saturated rings. The van der Waals surface area contributed by atoms with Crippen molar-refractivity contribution in [1.82, 2.24) is 4.31 Å². The van der Waals surface area contributed by atoms with Gasteiger partial charge in [-0.05, 0) is 25.1 Å². The van der Waals surface area contributed by atoms with Gasteiger partial charge in [-0.2, -0.15) is 4.31 Å². The molecule has 108 valence electrons. The number of sulfonamides is 1. The van der Waals surface area contributed by atoms with Gasteiger partial charge >= 0.3 is 0 Å². The maximum Gasteiger partial charge on any atom is 0.243 e. The van der Waals surface area contributed by atoms with Crippen LogP contribution in [0.2, 0.25) is 0 Å². The Morgan fingerprint density at radius 2 is 2.11 bits per heavy atom. The van der Waals surface area contributed by atoms with Crippen molar-refractivity contribution in [2.75, 3.05) is 26.0 Å². The Kier molecular flexibility index (Phi) is 5.16. The zero-order valence-corrected chi connectivity index (χ0v) is 12.1. The zero-order chi connectivity index (χ0) is 14.6. The molecule has 19 heavy (non-hydrogen) atoms. The molecule has 0 amide bonds. The van der Waals surface area contributed by atoms with Gasteiger partial charge < -0.3 is 15.6 Å². The quantitative estimate of drug-likeness (QED) is 0.602. The minimum atomic E-state index is -3.65. The van der Waals surface area contributed by atoms with Crippen molar-refractivity contribution in [3.63, 3.8) is 0 Å². The maximum atomic E-state index is 12.5. The van der Waals surface area contributed by atoms with Gasteiger partial charge in [0.05, 0.1) is 17.2 Å². The first-order valence-electron chi connectivity index (χ1n) is 5.93. The summed E-state index contributed by atoms with van der Waals surface area (Å²) in [6.45, 7) is 4.16. The molecule has 1 rings (SSSR count). The van der Waals surface area contributed by atoms with Crippen LogP contribution in [0.3, 0.4) is 0 Å². The Balaban J connectivity index is 3.16. The monoisotopic (exact) mass is 288 g/mol. The smallest absolute Gasteiger partial charge is 0.243 e. The number of aromatic hydroxyl groups is 1. The van der Waals surface area contributed by atoms with Gasteiger partial charge in [0.25, 0.3) is 0 Å². The normalized spacial score (nSPS) is 13.7. The topological polar surface area (TPSA) is 92.9 Å². The first-order valence-corrected chi connectivity index (χ1v) is 7.37. The molecule has 1 aromatic carbocycles. The van der Waals surface area contributed by atoms with Crippen LogP contribution < -0.4 is 5.73 Å². The fraction of sp³-hybridized carbons (Fsp3) is 0.500. The van der Waals surface area contributed by atoms with E-state index < -0.39 is 10.0 Å². The number of ether oxygens (including phenoxy) is 1. The van der Waals surface area contributed by atoms with Crippen LogP contribution in [0.5, 0.6) is 5.75 Å². The van der Waals surface area contributed by atoms with Crippen LogP contribution in [0.25, 0.3) is 0 Å². The highest BCUT2D eigenvalue weighted by Gasteiger charge is 2.28. The van der Waals surface area contributed by atoms with Crippen molar-refractivity contribution in [2.24, 2.45) is 0 Å². The number of methoxy groups -OCH3 is 1. The van der Waals surface area contributed by atoms with Crippen LogP contribution in [-0.2, 0) is 14.8 Å². The molecule has 3 N–H and O–H groups in total. The second kappa shape index (κ2) is 6.23. The molecule has 0 aliphatic rings. The van der Waals surface area contributed by atoms with Gasteiger partial charge in [0.15, 0.2) is 0 Å². The number of likely N-dealkylation sites (N-methyl/N-ethyl adjacent to an activating group) is 1. The molecule has 7 heteroatoms. The van der Waals surface area contributed by atoms with Crippen molar-refractivity contribution < 1.29 is 18.3 Å². The molecule has 1 aromatic rings. The van der Waals surface area contributed by atoms with Crippen molar-refractivity contribution in [1.29, 1.82) is 0 Å². The predicted octanol–water partition coefficient (Wildman–Crippen LogP) is 1.02. The number of phenolic OH excluding ortho intramolecular Hbond substituents is 1. The lowest BCUT2D eigenvalue weighted by molar-refractivity contribution is 0.142. The number of nitrogens with two attached hydrogens (primary N) is 1. The summed E-state index contributed by atoms with van der Waals surface area (Å²) in [6, 6.07) is 3.59. The molecule has 0 saturated heterocycles. The summed E-state index contributed by atoms with van der Waals surface area (Å²) in [6.07, 6.45) is 0. The molecule has 0 aliphatic carbocycles. The van der Waals surface area contributed by atoms with Crippen molar-refractivity contribution in [3.8, 4) is 5.75 Å². The van der Waals surface area contributed by atoms with Crippen LogP contribution in [0, 0.1) is 0 Å². The average Bonchev–Trinajstić information content (AvgIpc) is 2.33. The molecule has 0 heterocycles. The molecule has 0 aliphatic heterocycles. The van der Waals surface area contributed by atoms with E-state index in [-0.39, 0.29) is 22.4 Å². The first kappa shape index (κ1) is 15.7. The number of nitrogen functional groups attached to an aromatic ring is 1. The number of benzene rings is 1. The van der Waals surface area contributed by atoms with Gasteiger partial charge in [-0.25, -0.2) is 8.42 Å². The van der Waals surface area contributed by atoms with Crippen LogP contribution in [0.15, 0.2) is 23.1 Å². The summed E-state index contributed by atoms with van der Waals surface area (Å²) in [5, 5.41) is 9.35. The third-order valence-corrected chi connectivity index (χ3v) is 4.90. The van der Waals surface area contributed by atoms with Gasteiger partial charge in [-0.3, -0.25) is 0 Å². The second-order valence-electron chi connectivity index (χ2n) is 4.23. The van der Waals surface area contributed by atoms with E-state index >= 15 is 0 Å². The molecular formula is C12H20N2O4S. The van der Waals surface area contributed by atoms with Gasteiger partial charge in [0.2, 0.25) is 10.0 Å². The van der Waals surface area contributed by atoms with E-state index in [2.05, 4.69) is 0 Å². The van der Waals surface area contributed by atoms with Gasteiger partial charge in [0.1, 0.15) is 5.75 Å². The van der Waals surface area contributed by atoms with E-state index in [4.69, 9.17) is 10.5 Å². The SMILES string of the molecule is CCN(C(C)COC)S(=O)(=O)c1ccc(O)c(N)c1. The molecule has 1 atom stereocenters. The minimum Gasteiger partial charge on any atom is -0.506 e. The number of anilines is 1.